The fourth-order valence-electron chi connectivity index (χ4n) is 11.9. The zero-order valence-electron chi connectivity index (χ0n) is 49.1. The molecule has 15 atom stereocenters. The van der Waals surface area contributed by atoms with E-state index >= 15 is 0 Å². The number of piperidine rings is 1. The number of ketones is 3. The Labute approximate surface area is 475 Å². The van der Waals surface area contributed by atoms with E-state index < -0.39 is 89.5 Å². The zero-order valence-corrected chi connectivity index (χ0v) is 49.1. The summed E-state index contributed by atoms with van der Waals surface area (Å²) >= 11 is 0. The Morgan fingerprint density at radius 1 is 0.802 bits per heavy atom. The first-order valence-electron chi connectivity index (χ1n) is 28.7. The van der Waals surface area contributed by atoms with Gasteiger partial charge in [0.15, 0.2) is 16.9 Å². The van der Waals surface area contributed by atoms with Gasteiger partial charge in [0.1, 0.15) is 30.1 Å². The maximum absolute atomic E-state index is 14.4. The minimum atomic E-state index is -2.43. The highest BCUT2D eigenvalue weighted by Crippen LogP contribution is 2.39. The molecular weight excluding hydrogens is 1040 g/mol. The Morgan fingerprint density at radius 3 is 2.25 bits per heavy atom. The van der Waals surface area contributed by atoms with E-state index in [1.807, 2.05) is 70.2 Å². The average Bonchev–Trinajstić information content (AvgIpc) is 3.99. The summed E-state index contributed by atoms with van der Waals surface area (Å²) in [5, 5.41) is 35.6. The van der Waals surface area contributed by atoms with Crippen molar-refractivity contribution in [1.82, 2.24) is 4.90 Å². The molecule has 2 aromatic heterocycles. The van der Waals surface area contributed by atoms with Crippen LogP contribution in [-0.4, -0.2) is 139 Å². The Hall–Kier alpha value is -5.60. The van der Waals surface area contributed by atoms with Crippen molar-refractivity contribution >= 4 is 51.2 Å². The molecule has 1 saturated carbocycles. The van der Waals surface area contributed by atoms with Gasteiger partial charge in [-0.1, -0.05) is 71.1 Å². The fraction of sp³-hybridized carbons (Fsp3) is 0.619. The molecule has 5 heterocycles. The lowest BCUT2D eigenvalue weighted by molar-refractivity contribution is -0.265. The van der Waals surface area contributed by atoms with Gasteiger partial charge in [-0.3, -0.25) is 19.2 Å². The fourth-order valence-corrected chi connectivity index (χ4v) is 11.9. The normalized spacial score (nSPS) is 34.6. The number of carbonyl (C=O) groups excluding carboxylic acids is 5. The van der Waals surface area contributed by atoms with Gasteiger partial charge in [0, 0.05) is 75.3 Å². The second kappa shape index (κ2) is 29.6. The molecule has 2 bridgehead atoms. The summed E-state index contributed by atoms with van der Waals surface area (Å²) < 4.78 is 45.0. The molecule has 1 amide bonds. The molecule has 3 aliphatic heterocycles. The molecule has 7 rings (SSSR count). The second-order valence-electron chi connectivity index (χ2n) is 23.0. The quantitative estimate of drug-likeness (QED) is 0.0866. The molecule has 2 saturated heterocycles. The van der Waals surface area contributed by atoms with Crippen molar-refractivity contribution < 1.29 is 76.5 Å². The number of hydrogen-bond donors (Lipinski definition) is 3. The number of nitrogens with zero attached hydrogens (tertiary/aromatic N) is 1. The van der Waals surface area contributed by atoms with Gasteiger partial charge in [0.2, 0.25) is 11.5 Å². The summed E-state index contributed by atoms with van der Waals surface area (Å²) in [7, 11) is 6.04. The van der Waals surface area contributed by atoms with Crippen molar-refractivity contribution in [2.75, 3.05) is 35.0 Å². The van der Waals surface area contributed by atoms with Crippen LogP contribution in [0.2, 0.25) is 0 Å². The Kier molecular flexibility index (Phi) is 23.6. The van der Waals surface area contributed by atoms with Crippen molar-refractivity contribution in [1.29, 1.82) is 0 Å². The molecule has 18 heteroatoms. The molecule has 0 radical (unpaired) electrons. The second-order valence-corrected chi connectivity index (χ2v) is 23.0. The van der Waals surface area contributed by atoms with Crippen molar-refractivity contribution in [3.05, 3.63) is 88.6 Å². The number of ether oxygens (including phenoxy) is 6. The molecule has 1 aliphatic carbocycles. The molecule has 446 valence electrons. The van der Waals surface area contributed by atoms with E-state index in [0.717, 1.165) is 22.8 Å². The van der Waals surface area contributed by atoms with Crippen molar-refractivity contribution in [3.63, 3.8) is 0 Å². The largest absolute Gasteiger partial charge is 0.490 e. The number of amides is 1. The van der Waals surface area contributed by atoms with Crippen LogP contribution in [0.3, 0.4) is 0 Å². The van der Waals surface area contributed by atoms with E-state index in [-0.39, 0.29) is 54.8 Å². The van der Waals surface area contributed by atoms with Crippen molar-refractivity contribution in [2.45, 2.75) is 180 Å². The summed E-state index contributed by atoms with van der Waals surface area (Å²) in [4.78, 5) is 82.9. The van der Waals surface area contributed by atoms with E-state index in [2.05, 4.69) is 0 Å². The van der Waals surface area contributed by atoms with E-state index in [1.54, 1.807) is 53.4 Å². The first-order valence-corrected chi connectivity index (χ1v) is 28.7. The standard InChI is InChI=1S/C51H79NO13.C12H8O4/c1-30-16-12-11-13-17-31(2)42(61-8)28-38-21-19-36(7)51(60,65-38)48(57)49(58)52-23-15-14-18-39(52)50(59)64-43(33(4)26-37-20-22-40(53)44(27-37)62-9)29-41(54)32(3)25-35(6)46(56)47(63-10)45(55)34(5)24-30;1-14-12-10-8(4-5-15-10)6-7-2-3-9(13)16-11(7)12/h11-13,16-17,25,30,32-34,36-40,42-44,46-47,53,56,60H,14-15,18-24,26-29H2,1-10H3;2-6H,1H3/b13-11+,16-12+,31-17+,35-25+;/t30-,32-,33-,34-,36-,37+,38+,39+,40-,42+,43+,44-,46-,47+,51-;/m1./s1. The van der Waals surface area contributed by atoms with Crippen LogP contribution in [0.1, 0.15) is 126 Å². The smallest absolute Gasteiger partial charge is 0.336 e. The number of hydrogen-bond acceptors (Lipinski definition) is 17. The van der Waals surface area contributed by atoms with E-state index in [0.29, 0.717) is 80.3 Å². The molecule has 0 spiro atoms. The van der Waals surface area contributed by atoms with Gasteiger partial charge in [-0.05, 0) is 125 Å². The molecule has 3 fully saturated rings. The summed E-state index contributed by atoms with van der Waals surface area (Å²) in [6, 6.07) is 5.67. The van der Waals surface area contributed by atoms with Gasteiger partial charge < -0.3 is 57.5 Å². The lowest BCUT2D eigenvalue weighted by atomic mass is 9.78. The van der Waals surface area contributed by atoms with E-state index in [1.165, 1.54) is 25.2 Å². The molecular formula is C63H87NO17. The summed E-state index contributed by atoms with van der Waals surface area (Å²) in [5.41, 5.74) is 1.86. The SMILES string of the molecule is CO[C@H]1C[C@@H]2CC[C@@H](C)[C@@](O)(O2)C(=O)C(=O)N2CCCC[C@H]2C(=O)O[C@H]([C@H](C)C[C@@H]2CC[C@@H](O)[C@H](OC)C2)CC(=O)[C@H](C)/C=C(\C)[C@@H](O)[C@@H](OC)C(=O)[C@H](C)C[C@H](C)/C=C/C=C/C=C/1C.COc1c2occc2cc2ccc(=O)oc12. The first kappa shape index (κ1) is 64.6. The van der Waals surface area contributed by atoms with Crippen LogP contribution < -0.4 is 10.4 Å². The maximum Gasteiger partial charge on any atom is 0.336 e. The molecule has 3 aromatic rings. The molecule has 18 nitrogen and oxygen atoms in total. The van der Waals surface area contributed by atoms with Crippen LogP contribution in [-0.2, 0) is 47.7 Å². The minimum Gasteiger partial charge on any atom is -0.490 e. The maximum atomic E-state index is 14.4. The lowest BCUT2D eigenvalue weighted by Gasteiger charge is -2.42. The number of aliphatic hydroxyl groups excluding tert-OH is 2. The van der Waals surface area contributed by atoms with Gasteiger partial charge in [-0.2, -0.15) is 0 Å². The number of benzene rings is 1. The van der Waals surface area contributed by atoms with Crippen LogP contribution >= 0.6 is 0 Å². The number of furan rings is 1. The number of fused-ring (bicyclic) bond motifs is 5. The topological polar surface area (TPSA) is 248 Å². The Bertz CT molecular complexity index is 2830. The number of allylic oxidation sites excluding steroid dienone is 6. The third-order valence-corrected chi connectivity index (χ3v) is 17.0. The van der Waals surface area contributed by atoms with Crippen LogP contribution in [0.5, 0.6) is 5.75 Å². The first-order chi connectivity index (χ1) is 38.5. The number of rotatable bonds is 7. The number of esters is 1. The highest BCUT2D eigenvalue weighted by atomic mass is 16.6. The predicted molar refractivity (Wildman–Crippen MR) is 304 cm³/mol. The third kappa shape index (κ3) is 16.1. The number of cyclic esters (lactones) is 1. The van der Waals surface area contributed by atoms with Crippen LogP contribution in [0.25, 0.3) is 21.9 Å². The third-order valence-electron chi connectivity index (χ3n) is 17.0. The van der Waals surface area contributed by atoms with Gasteiger partial charge >= 0.3 is 11.6 Å². The van der Waals surface area contributed by atoms with E-state index in [4.69, 9.17) is 37.3 Å². The molecule has 0 unspecified atom stereocenters. The van der Waals surface area contributed by atoms with Crippen molar-refractivity contribution in [3.8, 4) is 5.75 Å². The van der Waals surface area contributed by atoms with Crippen LogP contribution in [0.4, 0.5) is 0 Å². The Morgan fingerprint density at radius 2 is 1.54 bits per heavy atom. The molecule has 81 heavy (non-hydrogen) atoms. The van der Waals surface area contributed by atoms with Gasteiger partial charge in [0.25, 0.3) is 11.7 Å². The van der Waals surface area contributed by atoms with Crippen LogP contribution in [0.15, 0.2) is 91.8 Å². The van der Waals surface area contributed by atoms with Crippen LogP contribution in [0, 0.1) is 35.5 Å². The van der Waals surface area contributed by atoms with Crippen molar-refractivity contribution in [2.24, 2.45) is 35.5 Å². The number of methoxy groups -OCH3 is 4. The summed E-state index contributed by atoms with van der Waals surface area (Å²) in [5.74, 6) is -7.51. The predicted octanol–water partition coefficient (Wildman–Crippen LogP) is 8.73. The summed E-state index contributed by atoms with van der Waals surface area (Å²) in [6.45, 7) is 12.7. The highest BCUT2D eigenvalue weighted by Gasteiger charge is 2.53. The molecule has 1 aromatic carbocycles. The summed E-state index contributed by atoms with van der Waals surface area (Å²) in [6.07, 6.45) is 12.8. The van der Waals surface area contributed by atoms with Gasteiger partial charge in [-0.15, -0.1) is 0 Å². The number of aliphatic hydroxyl groups is 3. The van der Waals surface area contributed by atoms with E-state index in [9.17, 15) is 44.1 Å². The average molecular weight is 1130 g/mol. The molecule has 4 aliphatic rings. The zero-order chi connectivity index (χ0) is 59.3. The number of Topliss-reactive ketones (excluding diaryl/α,β-unsaturated/α-hetero) is 3. The molecule has 3 N–H and O–H groups in total. The highest BCUT2D eigenvalue weighted by molar-refractivity contribution is 6.39. The Balaban J connectivity index is 0.000000556. The monoisotopic (exact) mass is 1130 g/mol. The lowest BCUT2D eigenvalue weighted by Crippen LogP contribution is -2.61. The van der Waals surface area contributed by atoms with Gasteiger partial charge in [0.05, 0.1) is 37.8 Å². The minimum absolute atomic E-state index is 0.0193. The number of carbonyl (C=O) groups is 5. The van der Waals surface area contributed by atoms with Gasteiger partial charge in [-0.25, -0.2) is 9.59 Å².